The molecule has 2 aromatic heterocycles. The Bertz CT molecular complexity index is 1320. The molecule has 0 radical (unpaired) electrons. The van der Waals surface area contributed by atoms with Crippen molar-refractivity contribution < 1.29 is 4.39 Å². The van der Waals surface area contributed by atoms with Crippen molar-refractivity contribution in [2.24, 2.45) is 0 Å². The summed E-state index contributed by atoms with van der Waals surface area (Å²) >= 11 is 6.57. The van der Waals surface area contributed by atoms with E-state index in [0.29, 0.717) is 0 Å². The van der Waals surface area contributed by atoms with Gasteiger partial charge in [-0.1, -0.05) is 78.5 Å². The highest BCUT2D eigenvalue weighted by molar-refractivity contribution is 8.25. The first-order valence-electron chi connectivity index (χ1n) is 9.63. The fraction of sp³-hybridized carbons (Fsp3) is 0. The Morgan fingerprint density at radius 1 is 0.700 bits per heavy atom. The normalized spacial score (nSPS) is 11.6. The molecule has 0 fully saturated rings. The van der Waals surface area contributed by atoms with Crippen LogP contribution in [0.15, 0.2) is 109 Å². The minimum Gasteiger partial charge on any atom is -0.298 e. The SMILES string of the molecule is Fc1ccc(-c2nc3ccccn3c2P(=S)(c2ccccc2)c2ccccc2)cc1. The van der Waals surface area contributed by atoms with Crippen molar-refractivity contribution in [1.29, 1.82) is 0 Å². The summed E-state index contributed by atoms with van der Waals surface area (Å²) < 4.78 is 15.7. The van der Waals surface area contributed by atoms with Gasteiger partial charge in [0.15, 0.2) is 0 Å². The lowest BCUT2D eigenvalue weighted by atomic mass is 10.2. The van der Waals surface area contributed by atoms with E-state index in [9.17, 15) is 4.39 Å². The van der Waals surface area contributed by atoms with Crippen molar-refractivity contribution in [2.75, 3.05) is 0 Å². The number of halogens is 1. The van der Waals surface area contributed by atoms with E-state index in [4.69, 9.17) is 16.8 Å². The van der Waals surface area contributed by atoms with Crippen LogP contribution in [0.5, 0.6) is 0 Å². The van der Waals surface area contributed by atoms with Crippen molar-refractivity contribution in [3.05, 3.63) is 115 Å². The van der Waals surface area contributed by atoms with Crippen LogP contribution < -0.4 is 16.0 Å². The van der Waals surface area contributed by atoms with Crippen LogP contribution in [0.4, 0.5) is 4.39 Å². The minimum atomic E-state index is -2.45. The van der Waals surface area contributed by atoms with Gasteiger partial charge in [-0.05, 0) is 47.0 Å². The standard InChI is InChI=1S/C25H18FN2PS/c26-20-16-14-19(15-17-20)24-25(28-18-8-7-13-23(28)27-24)29(30,21-9-3-1-4-10-21)22-11-5-2-6-12-22/h1-18H. The smallest absolute Gasteiger partial charge is 0.137 e. The van der Waals surface area contributed by atoms with Gasteiger partial charge >= 0.3 is 0 Å². The van der Waals surface area contributed by atoms with Crippen LogP contribution >= 0.6 is 6.04 Å². The molecule has 0 unspecified atom stereocenters. The predicted molar refractivity (Wildman–Crippen MR) is 127 cm³/mol. The third-order valence-corrected chi connectivity index (χ3v) is 10.0. The molecule has 0 aliphatic heterocycles. The van der Waals surface area contributed by atoms with E-state index in [1.54, 1.807) is 12.1 Å². The maximum Gasteiger partial charge on any atom is 0.137 e. The molecule has 0 N–H and O–H groups in total. The van der Waals surface area contributed by atoms with Gasteiger partial charge in [-0.3, -0.25) is 4.40 Å². The van der Waals surface area contributed by atoms with Gasteiger partial charge in [0.05, 0.1) is 17.2 Å². The van der Waals surface area contributed by atoms with E-state index in [1.807, 2.05) is 60.8 Å². The summed E-state index contributed by atoms with van der Waals surface area (Å²) in [6.45, 7) is 0. The molecule has 5 aromatic rings. The summed E-state index contributed by atoms with van der Waals surface area (Å²) in [5, 5.41) is 2.19. The second kappa shape index (κ2) is 7.64. The zero-order chi connectivity index (χ0) is 20.6. The molecular weight excluding hydrogens is 410 g/mol. The second-order valence-corrected chi connectivity index (χ2v) is 11.3. The monoisotopic (exact) mass is 428 g/mol. The van der Waals surface area contributed by atoms with Crippen LogP contribution in [-0.2, 0) is 11.8 Å². The lowest BCUT2D eigenvalue weighted by Gasteiger charge is -2.24. The van der Waals surface area contributed by atoms with Gasteiger partial charge in [0.25, 0.3) is 0 Å². The first kappa shape index (κ1) is 18.9. The Morgan fingerprint density at radius 2 is 1.27 bits per heavy atom. The number of aromatic nitrogens is 2. The highest BCUT2D eigenvalue weighted by Crippen LogP contribution is 2.45. The molecule has 5 heteroatoms. The number of fused-ring (bicyclic) bond motifs is 1. The Labute approximate surface area is 179 Å². The average Bonchev–Trinajstić information content (AvgIpc) is 3.20. The van der Waals surface area contributed by atoms with E-state index in [-0.39, 0.29) is 5.82 Å². The lowest BCUT2D eigenvalue weighted by molar-refractivity contribution is 0.628. The van der Waals surface area contributed by atoms with E-state index < -0.39 is 6.04 Å². The van der Waals surface area contributed by atoms with E-state index in [1.165, 1.54) is 12.1 Å². The molecule has 0 saturated heterocycles. The summed E-state index contributed by atoms with van der Waals surface area (Å²) in [6.07, 6.45) is 2.01. The highest BCUT2D eigenvalue weighted by Gasteiger charge is 2.32. The fourth-order valence-corrected chi connectivity index (χ4v) is 7.93. The van der Waals surface area contributed by atoms with Crippen molar-refractivity contribution >= 4 is 39.5 Å². The number of pyridine rings is 1. The first-order chi connectivity index (χ1) is 14.7. The number of rotatable bonds is 4. The van der Waals surface area contributed by atoms with E-state index in [2.05, 4.69) is 28.7 Å². The zero-order valence-corrected chi connectivity index (χ0v) is 17.7. The highest BCUT2D eigenvalue weighted by atomic mass is 32.4. The Morgan fingerprint density at radius 3 is 1.87 bits per heavy atom. The van der Waals surface area contributed by atoms with Gasteiger partial charge in [0.2, 0.25) is 0 Å². The van der Waals surface area contributed by atoms with Crippen molar-refractivity contribution in [1.82, 2.24) is 9.38 Å². The molecule has 2 heterocycles. The molecule has 0 aliphatic rings. The van der Waals surface area contributed by atoms with Crippen LogP contribution in [-0.4, -0.2) is 9.38 Å². The Kier molecular flexibility index (Phi) is 4.82. The predicted octanol–water partition coefficient (Wildman–Crippen LogP) is 4.90. The third kappa shape index (κ3) is 3.09. The van der Waals surface area contributed by atoms with Crippen molar-refractivity contribution in [3.8, 4) is 11.3 Å². The Balaban J connectivity index is 1.91. The molecule has 5 rings (SSSR count). The summed E-state index contributed by atoms with van der Waals surface area (Å²) in [5.74, 6) is -0.269. The van der Waals surface area contributed by atoms with Crippen LogP contribution in [0.1, 0.15) is 0 Å². The third-order valence-electron chi connectivity index (χ3n) is 5.16. The fourth-order valence-electron chi connectivity index (χ4n) is 3.75. The molecule has 3 aromatic carbocycles. The molecule has 0 amide bonds. The molecular formula is C25H18FN2PS. The summed E-state index contributed by atoms with van der Waals surface area (Å²) in [4.78, 5) is 4.93. The number of hydrogen-bond acceptors (Lipinski definition) is 2. The van der Waals surface area contributed by atoms with Gasteiger partial charge in [0.1, 0.15) is 11.5 Å². The molecule has 0 saturated carbocycles. The average molecular weight is 428 g/mol. The summed E-state index contributed by atoms with van der Waals surface area (Å²) in [7, 11) is 0. The van der Waals surface area contributed by atoms with Crippen LogP contribution in [0.25, 0.3) is 16.9 Å². The van der Waals surface area contributed by atoms with Gasteiger partial charge in [-0.25, -0.2) is 9.37 Å². The number of hydrogen-bond donors (Lipinski definition) is 0. The van der Waals surface area contributed by atoms with E-state index >= 15 is 0 Å². The van der Waals surface area contributed by atoms with Crippen LogP contribution in [0.2, 0.25) is 0 Å². The first-order valence-corrected chi connectivity index (χ1v) is 12.4. The van der Waals surface area contributed by atoms with Crippen LogP contribution in [0, 0.1) is 5.82 Å². The molecule has 30 heavy (non-hydrogen) atoms. The largest absolute Gasteiger partial charge is 0.298 e. The number of imidazole rings is 1. The Hall–Kier alpha value is -3.07. The zero-order valence-electron chi connectivity index (χ0n) is 16.0. The molecule has 0 bridgehead atoms. The molecule has 146 valence electrons. The number of nitrogens with zero attached hydrogens (tertiary/aromatic N) is 2. The molecule has 0 aliphatic carbocycles. The lowest BCUT2D eigenvalue weighted by Crippen LogP contribution is -2.28. The van der Waals surface area contributed by atoms with Gasteiger partial charge < -0.3 is 0 Å². The quantitative estimate of drug-likeness (QED) is 0.379. The summed E-state index contributed by atoms with van der Waals surface area (Å²) in [6, 6.07) is 30.5. The minimum absolute atomic E-state index is 0.269. The van der Waals surface area contributed by atoms with Crippen molar-refractivity contribution in [3.63, 3.8) is 0 Å². The van der Waals surface area contributed by atoms with Gasteiger partial charge in [0, 0.05) is 11.8 Å². The maximum atomic E-state index is 13.6. The maximum absolute atomic E-state index is 13.6. The van der Waals surface area contributed by atoms with E-state index in [0.717, 1.165) is 32.9 Å². The molecule has 0 spiro atoms. The van der Waals surface area contributed by atoms with Gasteiger partial charge in [-0.2, -0.15) is 0 Å². The second-order valence-electron chi connectivity index (χ2n) is 7.00. The number of benzene rings is 3. The topological polar surface area (TPSA) is 17.3 Å². The van der Waals surface area contributed by atoms with Crippen LogP contribution in [0.3, 0.4) is 0 Å². The van der Waals surface area contributed by atoms with Crippen molar-refractivity contribution in [2.45, 2.75) is 0 Å². The molecule has 2 nitrogen and oxygen atoms in total. The van der Waals surface area contributed by atoms with Gasteiger partial charge in [-0.15, -0.1) is 0 Å². The summed E-state index contributed by atoms with van der Waals surface area (Å²) in [5.41, 5.74) is 3.47. The molecule has 0 atom stereocenters.